The Labute approximate surface area is 79.5 Å². The maximum atomic E-state index is 11.4. The van der Waals surface area contributed by atoms with E-state index < -0.39 is 0 Å². The minimum Gasteiger partial charge on any atom is -0.383 e. The Morgan fingerprint density at radius 1 is 1.21 bits per heavy atom. The molecule has 74 valence electrons. The van der Waals surface area contributed by atoms with Crippen LogP contribution in [0.4, 0.5) is 5.82 Å². The van der Waals surface area contributed by atoms with E-state index in [2.05, 4.69) is 20.4 Å². The number of nitrogens with zero attached hydrogens (tertiary/aromatic N) is 1. The third-order valence-corrected chi connectivity index (χ3v) is 2.19. The Balaban J connectivity index is 2.77. The summed E-state index contributed by atoms with van der Waals surface area (Å²) in [5.74, 6) is 0.336. The van der Waals surface area contributed by atoms with Crippen LogP contribution in [0.3, 0.4) is 0 Å². The van der Waals surface area contributed by atoms with Crippen molar-refractivity contribution < 1.29 is 0 Å². The van der Waals surface area contributed by atoms with E-state index in [0.717, 1.165) is 17.0 Å². The summed E-state index contributed by atoms with van der Waals surface area (Å²) in [5.41, 5.74) is 8.23. The number of nitrogens with one attached hydrogen (secondary N) is 3. The van der Waals surface area contributed by atoms with Crippen molar-refractivity contribution >= 4 is 5.82 Å². The van der Waals surface area contributed by atoms with Crippen molar-refractivity contribution in [3.63, 3.8) is 0 Å². The maximum Gasteiger partial charge on any atom is 0.274 e. The van der Waals surface area contributed by atoms with Gasteiger partial charge in [-0.2, -0.15) is 5.10 Å². The molecule has 2 rings (SSSR count). The van der Waals surface area contributed by atoms with Crippen LogP contribution in [0.2, 0.25) is 0 Å². The number of rotatable bonds is 1. The standard InChI is InChI=1S/C8H11N5O/c1-3-5(4(2)11-10-3)6-7(9)12-13-8(6)14/h1-2H3,(H,10,11)(H4,9,12,13,14). The highest BCUT2D eigenvalue weighted by Crippen LogP contribution is 2.25. The molecular weight excluding hydrogens is 182 g/mol. The van der Waals surface area contributed by atoms with Gasteiger partial charge in [-0.1, -0.05) is 0 Å². The molecule has 0 aliphatic heterocycles. The number of nitrogens with two attached hydrogens (primary N) is 1. The molecule has 6 nitrogen and oxygen atoms in total. The van der Waals surface area contributed by atoms with Crippen LogP contribution in [0.5, 0.6) is 0 Å². The largest absolute Gasteiger partial charge is 0.383 e. The Morgan fingerprint density at radius 3 is 2.36 bits per heavy atom. The molecule has 0 fully saturated rings. The van der Waals surface area contributed by atoms with Gasteiger partial charge in [0.15, 0.2) is 0 Å². The Bertz CT molecular complexity index is 499. The molecule has 2 heterocycles. The molecular formula is C8H11N5O. The Hall–Kier alpha value is -1.98. The van der Waals surface area contributed by atoms with Gasteiger partial charge in [0.05, 0.1) is 11.3 Å². The predicted molar refractivity (Wildman–Crippen MR) is 52.9 cm³/mol. The molecule has 6 heteroatoms. The number of anilines is 1. The van der Waals surface area contributed by atoms with Gasteiger partial charge in [-0.05, 0) is 13.8 Å². The summed E-state index contributed by atoms with van der Waals surface area (Å²) < 4.78 is 0. The molecule has 0 aliphatic rings. The van der Waals surface area contributed by atoms with Crippen molar-refractivity contribution in [2.24, 2.45) is 0 Å². The van der Waals surface area contributed by atoms with E-state index in [1.54, 1.807) is 0 Å². The minimum absolute atomic E-state index is 0.227. The molecule has 0 bridgehead atoms. The molecule has 0 radical (unpaired) electrons. The number of nitrogen functional groups attached to an aromatic ring is 1. The monoisotopic (exact) mass is 193 g/mol. The maximum absolute atomic E-state index is 11.4. The van der Waals surface area contributed by atoms with E-state index in [1.165, 1.54) is 0 Å². The van der Waals surface area contributed by atoms with E-state index in [1.807, 2.05) is 13.8 Å². The van der Waals surface area contributed by atoms with E-state index in [4.69, 9.17) is 5.73 Å². The van der Waals surface area contributed by atoms with Crippen molar-refractivity contribution in [3.8, 4) is 11.1 Å². The minimum atomic E-state index is -0.227. The second kappa shape index (κ2) is 2.76. The Morgan fingerprint density at radius 2 is 1.93 bits per heavy atom. The molecule has 0 saturated heterocycles. The lowest BCUT2D eigenvalue weighted by Gasteiger charge is -1.96. The first-order valence-corrected chi connectivity index (χ1v) is 4.19. The number of hydrogen-bond donors (Lipinski definition) is 4. The average Bonchev–Trinajstić information content (AvgIpc) is 2.60. The summed E-state index contributed by atoms with van der Waals surface area (Å²) in [6.45, 7) is 3.67. The summed E-state index contributed by atoms with van der Waals surface area (Å²) in [6.07, 6.45) is 0. The fraction of sp³-hybridized carbons (Fsp3) is 0.250. The first-order valence-electron chi connectivity index (χ1n) is 4.19. The van der Waals surface area contributed by atoms with Crippen LogP contribution in [-0.4, -0.2) is 20.4 Å². The lowest BCUT2D eigenvalue weighted by molar-refractivity contribution is 1.02. The topological polar surface area (TPSA) is 103 Å². The van der Waals surface area contributed by atoms with Gasteiger partial charge in [0, 0.05) is 11.3 Å². The number of aromatic amines is 3. The lowest BCUT2D eigenvalue weighted by Crippen LogP contribution is -2.03. The number of hydrogen-bond acceptors (Lipinski definition) is 3. The summed E-state index contributed by atoms with van der Waals surface area (Å²) in [5, 5.41) is 11.8. The second-order valence-electron chi connectivity index (χ2n) is 3.18. The van der Waals surface area contributed by atoms with Gasteiger partial charge in [-0.15, -0.1) is 0 Å². The lowest BCUT2D eigenvalue weighted by atomic mass is 10.1. The quantitative estimate of drug-likeness (QED) is 0.523. The smallest absolute Gasteiger partial charge is 0.274 e. The SMILES string of the molecule is Cc1n[nH]c(C)c1-c1c(N)[nH][nH]c1=O. The van der Waals surface area contributed by atoms with E-state index in [9.17, 15) is 4.79 Å². The van der Waals surface area contributed by atoms with Crippen LogP contribution < -0.4 is 11.3 Å². The molecule has 2 aromatic heterocycles. The van der Waals surface area contributed by atoms with Crippen molar-refractivity contribution in [1.29, 1.82) is 0 Å². The van der Waals surface area contributed by atoms with E-state index in [0.29, 0.717) is 11.4 Å². The van der Waals surface area contributed by atoms with Crippen molar-refractivity contribution in [3.05, 3.63) is 21.7 Å². The van der Waals surface area contributed by atoms with Crippen LogP contribution in [0, 0.1) is 13.8 Å². The normalized spacial score (nSPS) is 10.7. The zero-order valence-corrected chi connectivity index (χ0v) is 7.93. The molecule has 14 heavy (non-hydrogen) atoms. The third kappa shape index (κ3) is 1.04. The Kier molecular flexibility index (Phi) is 1.70. The zero-order chi connectivity index (χ0) is 10.3. The first-order chi connectivity index (χ1) is 6.61. The van der Waals surface area contributed by atoms with E-state index >= 15 is 0 Å². The number of aromatic nitrogens is 4. The summed E-state index contributed by atoms with van der Waals surface area (Å²) >= 11 is 0. The molecule has 0 aliphatic carbocycles. The first kappa shape index (κ1) is 8.61. The molecule has 0 amide bonds. The molecule has 5 N–H and O–H groups in total. The number of H-pyrrole nitrogens is 3. The molecule has 0 atom stereocenters. The van der Waals surface area contributed by atoms with Gasteiger partial charge in [-0.25, -0.2) is 0 Å². The van der Waals surface area contributed by atoms with Crippen LogP contribution in [0.25, 0.3) is 11.1 Å². The van der Waals surface area contributed by atoms with Crippen LogP contribution in [0.15, 0.2) is 4.79 Å². The van der Waals surface area contributed by atoms with E-state index in [-0.39, 0.29) is 5.56 Å². The summed E-state index contributed by atoms with van der Waals surface area (Å²) in [7, 11) is 0. The number of aryl methyl sites for hydroxylation is 2. The van der Waals surface area contributed by atoms with Crippen molar-refractivity contribution in [2.45, 2.75) is 13.8 Å². The van der Waals surface area contributed by atoms with Crippen LogP contribution in [-0.2, 0) is 0 Å². The van der Waals surface area contributed by atoms with Crippen LogP contribution in [0.1, 0.15) is 11.4 Å². The van der Waals surface area contributed by atoms with Crippen LogP contribution >= 0.6 is 0 Å². The predicted octanol–water partition coefficient (Wildman–Crippen LogP) is 0.292. The summed E-state index contributed by atoms with van der Waals surface area (Å²) in [4.78, 5) is 11.4. The highest BCUT2D eigenvalue weighted by atomic mass is 16.1. The van der Waals surface area contributed by atoms with Crippen molar-refractivity contribution in [2.75, 3.05) is 5.73 Å². The molecule has 0 unspecified atom stereocenters. The highest BCUT2D eigenvalue weighted by molar-refractivity contribution is 5.76. The van der Waals surface area contributed by atoms with Gasteiger partial charge in [0.25, 0.3) is 5.56 Å². The average molecular weight is 193 g/mol. The van der Waals surface area contributed by atoms with Gasteiger partial charge in [-0.3, -0.25) is 20.1 Å². The molecule has 2 aromatic rings. The summed E-state index contributed by atoms with van der Waals surface area (Å²) in [6, 6.07) is 0. The van der Waals surface area contributed by atoms with Crippen molar-refractivity contribution in [1.82, 2.24) is 20.4 Å². The van der Waals surface area contributed by atoms with Gasteiger partial charge >= 0.3 is 0 Å². The van der Waals surface area contributed by atoms with Gasteiger partial charge in [0.1, 0.15) is 5.82 Å². The van der Waals surface area contributed by atoms with Gasteiger partial charge < -0.3 is 5.73 Å². The van der Waals surface area contributed by atoms with Gasteiger partial charge in [0.2, 0.25) is 0 Å². The zero-order valence-electron chi connectivity index (χ0n) is 7.93. The highest BCUT2D eigenvalue weighted by Gasteiger charge is 2.16. The fourth-order valence-corrected chi connectivity index (χ4v) is 1.54. The third-order valence-electron chi connectivity index (χ3n) is 2.19. The second-order valence-corrected chi connectivity index (χ2v) is 3.18. The molecule has 0 aromatic carbocycles. The fourth-order valence-electron chi connectivity index (χ4n) is 1.54. The molecule has 0 saturated carbocycles. The molecule has 0 spiro atoms.